The molecule has 2 heterocycles. The van der Waals surface area contributed by atoms with Crippen molar-refractivity contribution in [2.75, 3.05) is 0 Å². The summed E-state index contributed by atoms with van der Waals surface area (Å²) in [6.45, 7) is 9.90. The maximum atomic E-state index is 13.1. The van der Waals surface area contributed by atoms with Crippen LogP contribution in [-0.2, 0) is 14.3 Å². The molecule has 0 aromatic heterocycles. The highest BCUT2D eigenvalue weighted by Crippen LogP contribution is 2.55. The Hall–Kier alpha value is -1.74. The molecule has 2 aliphatic heterocycles. The second-order valence-corrected chi connectivity index (χ2v) is 7.38. The van der Waals surface area contributed by atoms with Crippen LogP contribution in [0, 0.1) is 38.5 Å². The molecule has 1 aliphatic carbocycles. The van der Waals surface area contributed by atoms with Crippen molar-refractivity contribution >= 4 is 11.6 Å². The predicted octanol–water partition coefficient (Wildman–Crippen LogP) is 3.05. The Morgan fingerprint density at radius 3 is 2.30 bits per heavy atom. The van der Waals surface area contributed by atoms with E-state index in [1.807, 2.05) is 26.8 Å². The molecule has 3 heteroatoms. The molecular weight excluding hydrogens is 288 g/mol. The molecule has 6 atom stereocenters. The van der Waals surface area contributed by atoms with Crippen molar-refractivity contribution < 1.29 is 14.3 Å². The fourth-order valence-electron chi connectivity index (χ4n) is 5.16. The van der Waals surface area contributed by atoms with Crippen LogP contribution in [0.1, 0.15) is 34.6 Å². The van der Waals surface area contributed by atoms with Crippen molar-refractivity contribution in [1.82, 2.24) is 0 Å². The highest BCUT2D eigenvalue weighted by Gasteiger charge is 2.65. The van der Waals surface area contributed by atoms with E-state index in [0.717, 1.165) is 28.7 Å². The smallest absolute Gasteiger partial charge is 0.154 e. The van der Waals surface area contributed by atoms with Gasteiger partial charge in [0.25, 0.3) is 0 Å². The Balaban J connectivity index is 1.78. The van der Waals surface area contributed by atoms with E-state index in [0.29, 0.717) is 0 Å². The van der Waals surface area contributed by atoms with E-state index in [4.69, 9.17) is 4.74 Å². The quantitative estimate of drug-likeness (QED) is 0.623. The fourth-order valence-corrected chi connectivity index (χ4v) is 5.16. The minimum atomic E-state index is -0.594. The number of Topliss-reactive ketones (excluding diaryl/α,β-unsaturated/α-hetero) is 2. The van der Waals surface area contributed by atoms with Crippen LogP contribution in [-0.4, -0.2) is 23.8 Å². The van der Waals surface area contributed by atoms with Crippen LogP contribution in [0.4, 0.5) is 0 Å². The highest BCUT2D eigenvalue weighted by atomic mass is 16.5. The van der Waals surface area contributed by atoms with E-state index in [2.05, 4.69) is 18.7 Å². The summed E-state index contributed by atoms with van der Waals surface area (Å²) in [5.74, 6) is -0.762. The number of carbonyl (C=O) groups is 2. The van der Waals surface area contributed by atoms with Gasteiger partial charge in [-0.3, -0.25) is 9.59 Å². The first-order valence-electron chi connectivity index (χ1n) is 8.37. The van der Waals surface area contributed by atoms with Gasteiger partial charge in [-0.1, -0.05) is 23.8 Å². The number of fused-ring (bicyclic) bond motifs is 5. The Morgan fingerprint density at radius 1 is 1.09 bits per heavy atom. The molecule has 1 aromatic carbocycles. The van der Waals surface area contributed by atoms with Gasteiger partial charge in [-0.15, -0.1) is 6.58 Å². The molecule has 1 aromatic rings. The van der Waals surface area contributed by atoms with Crippen LogP contribution in [0.15, 0.2) is 24.8 Å². The summed E-state index contributed by atoms with van der Waals surface area (Å²) in [6.07, 6.45) is 2.47. The van der Waals surface area contributed by atoms with Crippen molar-refractivity contribution in [3.8, 4) is 0 Å². The standard InChI is InChI=1S/C20H22O3/c1-5-12-8-13-15-17(20(12)23-13)19(22)16(18(15)21)14-10(3)6-9(2)7-11(14)4/h5-7,12-13,15-17,20H,1,8H2,2-4H3. The van der Waals surface area contributed by atoms with Gasteiger partial charge >= 0.3 is 0 Å². The Kier molecular flexibility index (Phi) is 3.14. The van der Waals surface area contributed by atoms with E-state index >= 15 is 0 Å². The second kappa shape index (κ2) is 4.88. The summed E-state index contributed by atoms with van der Waals surface area (Å²) >= 11 is 0. The lowest BCUT2D eigenvalue weighted by Gasteiger charge is -2.23. The van der Waals surface area contributed by atoms with Crippen molar-refractivity contribution in [1.29, 1.82) is 0 Å². The van der Waals surface area contributed by atoms with Crippen LogP contribution in [0.25, 0.3) is 0 Å². The molecule has 4 rings (SSSR count). The molecule has 3 nitrogen and oxygen atoms in total. The molecule has 3 aliphatic rings. The Morgan fingerprint density at radius 2 is 1.70 bits per heavy atom. The van der Waals surface area contributed by atoms with Crippen LogP contribution in [0.5, 0.6) is 0 Å². The molecule has 0 N–H and O–H groups in total. The Bertz CT molecular complexity index is 709. The lowest BCUT2D eigenvalue weighted by Crippen LogP contribution is -2.34. The van der Waals surface area contributed by atoms with Gasteiger partial charge < -0.3 is 4.74 Å². The first-order chi connectivity index (χ1) is 10.9. The van der Waals surface area contributed by atoms with Crippen molar-refractivity contribution in [3.63, 3.8) is 0 Å². The number of hydrogen-bond acceptors (Lipinski definition) is 3. The average Bonchev–Trinajstić information content (AvgIpc) is 3.12. The largest absolute Gasteiger partial charge is 0.373 e. The molecule has 120 valence electrons. The number of benzene rings is 1. The van der Waals surface area contributed by atoms with E-state index in [9.17, 15) is 9.59 Å². The lowest BCUT2D eigenvalue weighted by molar-refractivity contribution is -0.127. The van der Waals surface area contributed by atoms with E-state index in [1.54, 1.807) is 0 Å². The van der Waals surface area contributed by atoms with Gasteiger partial charge in [-0.05, 0) is 43.9 Å². The van der Waals surface area contributed by atoms with Crippen LogP contribution in [0.3, 0.4) is 0 Å². The zero-order valence-corrected chi connectivity index (χ0v) is 13.8. The third-order valence-electron chi connectivity index (χ3n) is 5.96. The number of ether oxygens (including phenoxy) is 1. The van der Waals surface area contributed by atoms with Crippen LogP contribution < -0.4 is 0 Å². The third-order valence-corrected chi connectivity index (χ3v) is 5.96. The van der Waals surface area contributed by atoms with Gasteiger partial charge in [-0.2, -0.15) is 0 Å². The SMILES string of the molecule is C=CC1CC2OC1C1C(=O)C(c3c(C)cc(C)cc3C)C(=O)C21. The zero-order chi connectivity index (χ0) is 16.5. The molecule has 2 saturated heterocycles. The minimum absolute atomic E-state index is 0.0640. The van der Waals surface area contributed by atoms with E-state index in [-0.39, 0.29) is 41.5 Å². The molecule has 0 radical (unpaired) electrons. The summed E-state index contributed by atoms with van der Waals surface area (Å²) in [5.41, 5.74) is 4.18. The predicted molar refractivity (Wildman–Crippen MR) is 87.4 cm³/mol. The first kappa shape index (κ1) is 14.8. The molecule has 6 unspecified atom stereocenters. The van der Waals surface area contributed by atoms with Gasteiger partial charge in [-0.25, -0.2) is 0 Å². The van der Waals surface area contributed by atoms with E-state index < -0.39 is 5.92 Å². The summed E-state index contributed by atoms with van der Waals surface area (Å²) in [5, 5.41) is 0. The highest BCUT2D eigenvalue weighted by molar-refractivity contribution is 6.17. The maximum absolute atomic E-state index is 13.1. The molecule has 1 saturated carbocycles. The lowest BCUT2D eigenvalue weighted by atomic mass is 9.75. The average molecular weight is 310 g/mol. The molecule has 0 spiro atoms. The summed E-state index contributed by atoms with van der Waals surface area (Å²) < 4.78 is 5.93. The van der Waals surface area contributed by atoms with Gasteiger partial charge in [0.1, 0.15) is 5.92 Å². The molecule has 3 fully saturated rings. The molecule has 2 bridgehead atoms. The maximum Gasteiger partial charge on any atom is 0.154 e. The topological polar surface area (TPSA) is 43.4 Å². The van der Waals surface area contributed by atoms with Crippen LogP contribution in [0.2, 0.25) is 0 Å². The number of ketones is 2. The molecule has 0 amide bonds. The van der Waals surface area contributed by atoms with Gasteiger partial charge in [0, 0.05) is 5.92 Å². The van der Waals surface area contributed by atoms with E-state index in [1.165, 1.54) is 0 Å². The van der Waals surface area contributed by atoms with Gasteiger partial charge in [0.2, 0.25) is 0 Å². The summed E-state index contributed by atoms with van der Waals surface area (Å²) in [7, 11) is 0. The van der Waals surface area contributed by atoms with Crippen molar-refractivity contribution in [3.05, 3.63) is 47.0 Å². The molecular formula is C20H22O3. The first-order valence-corrected chi connectivity index (χ1v) is 8.37. The fraction of sp³-hybridized carbons (Fsp3) is 0.500. The number of rotatable bonds is 2. The third kappa shape index (κ3) is 1.86. The number of aryl methyl sites for hydroxylation is 3. The van der Waals surface area contributed by atoms with Crippen molar-refractivity contribution in [2.24, 2.45) is 17.8 Å². The Labute approximate surface area is 136 Å². The van der Waals surface area contributed by atoms with Crippen molar-refractivity contribution in [2.45, 2.75) is 45.3 Å². The summed E-state index contributed by atoms with van der Waals surface area (Å²) in [4.78, 5) is 26.1. The van der Waals surface area contributed by atoms with Gasteiger partial charge in [0.15, 0.2) is 11.6 Å². The minimum Gasteiger partial charge on any atom is -0.373 e. The van der Waals surface area contributed by atoms with Gasteiger partial charge in [0.05, 0.1) is 24.0 Å². The molecule has 23 heavy (non-hydrogen) atoms. The monoisotopic (exact) mass is 310 g/mol. The number of carbonyl (C=O) groups excluding carboxylic acids is 2. The second-order valence-electron chi connectivity index (χ2n) is 7.38. The number of hydrogen-bond donors (Lipinski definition) is 0. The summed E-state index contributed by atoms with van der Waals surface area (Å²) in [6, 6.07) is 4.13. The zero-order valence-electron chi connectivity index (χ0n) is 13.8. The van der Waals surface area contributed by atoms with Crippen LogP contribution >= 0.6 is 0 Å². The normalized spacial score (nSPS) is 38.2.